The molecule has 0 spiro atoms. The van der Waals surface area contributed by atoms with E-state index in [1.807, 2.05) is 0 Å². The zero-order chi connectivity index (χ0) is 13.1. The van der Waals surface area contributed by atoms with Crippen LogP contribution in [0.25, 0.3) is 0 Å². The Kier molecular flexibility index (Phi) is 3.62. The number of hydrogen-bond acceptors (Lipinski definition) is 5. The van der Waals surface area contributed by atoms with Crippen molar-refractivity contribution in [3.8, 4) is 5.75 Å². The van der Waals surface area contributed by atoms with E-state index in [-0.39, 0.29) is 19.0 Å². The van der Waals surface area contributed by atoms with Crippen LogP contribution in [0.2, 0.25) is 0 Å². The number of fused-ring (bicyclic) bond motifs is 1. The van der Waals surface area contributed by atoms with Gasteiger partial charge in [0.05, 0.1) is 18.1 Å². The van der Waals surface area contributed by atoms with E-state index in [1.54, 1.807) is 31.2 Å². The Labute approximate surface area is 104 Å². The van der Waals surface area contributed by atoms with Crippen LogP contribution < -0.4 is 4.74 Å². The maximum Gasteiger partial charge on any atom is 0.335 e. The molecule has 1 N–H and O–H groups in total. The highest BCUT2D eigenvalue weighted by Gasteiger charge is 2.38. The topological polar surface area (TPSA) is 72.8 Å². The summed E-state index contributed by atoms with van der Waals surface area (Å²) in [6.45, 7) is 1.78. The van der Waals surface area contributed by atoms with Gasteiger partial charge in [0, 0.05) is 0 Å². The van der Waals surface area contributed by atoms with Crippen LogP contribution >= 0.6 is 0 Å². The van der Waals surface area contributed by atoms with Gasteiger partial charge in [-0.3, -0.25) is 4.79 Å². The third-order valence-corrected chi connectivity index (χ3v) is 2.82. The Hall–Kier alpha value is -1.88. The van der Waals surface area contributed by atoms with Gasteiger partial charge in [-0.1, -0.05) is 12.1 Å². The largest absolute Gasteiger partial charge is 0.492 e. The molecular formula is C13H14O5. The average Bonchev–Trinajstić information content (AvgIpc) is 2.39. The molecule has 0 fully saturated rings. The summed E-state index contributed by atoms with van der Waals surface area (Å²) < 4.78 is 10.1. The predicted octanol–water partition coefficient (Wildman–Crippen LogP) is 0.802. The maximum atomic E-state index is 12.1. The average molecular weight is 250 g/mol. The molecule has 5 nitrogen and oxygen atoms in total. The van der Waals surface area contributed by atoms with Gasteiger partial charge in [-0.15, -0.1) is 0 Å². The third kappa shape index (κ3) is 2.22. The standard InChI is InChI=1S/C13H14O5/c1-2-17-13(16)12(15)9-7-18-10-6-4-3-5-8(10)11(9)14/h3-6,9,12,15H,2,7H2,1H3. The lowest BCUT2D eigenvalue weighted by atomic mass is 9.90. The molecular weight excluding hydrogens is 236 g/mol. The van der Waals surface area contributed by atoms with E-state index < -0.39 is 18.0 Å². The number of aliphatic hydroxyl groups excluding tert-OH is 1. The van der Waals surface area contributed by atoms with Crippen LogP contribution in [-0.2, 0) is 9.53 Å². The van der Waals surface area contributed by atoms with Crippen molar-refractivity contribution >= 4 is 11.8 Å². The summed E-state index contributed by atoms with van der Waals surface area (Å²) in [5.74, 6) is -1.51. The molecule has 96 valence electrons. The zero-order valence-corrected chi connectivity index (χ0v) is 9.96. The smallest absolute Gasteiger partial charge is 0.335 e. The zero-order valence-electron chi connectivity index (χ0n) is 9.96. The molecule has 1 aliphatic heterocycles. The molecule has 0 saturated heterocycles. The quantitative estimate of drug-likeness (QED) is 0.803. The molecule has 0 bridgehead atoms. The molecule has 2 rings (SSSR count). The van der Waals surface area contributed by atoms with Crippen LogP contribution in [0.1, 0.15) is 17.3 Å². The van der Waals surface area contributed by atoms with Gasteiger partial charge in [0.1, 0.15) is 12.4 Å². The fourth-order valence-electron chi connectivity index (χ4n) is 1.88. The van der Waals surface area contributed by atoms with Crippen molar-refractivity contribution in [2.45, 2.75) is 13.0 Å². The van der Waals surface area contributed by atoms with E-state index in [1.165, 1.54) is 0 Å². The number of ketones is 1. The summed E-state index contributed by atoms with van der Waals surface area (Å²) in [5, 5.41) is 9.79. The molecule has 0 saturated carbocycles. The van der Waals surface area contributed by atoms with Gasteiger partial charge in [-0.05, 0) is 19.1 Å². The van der Waals surface area contributed by atoms with E-state index in [9.17, 15) is 14.7 Å². The molecule has 0 aliphatic carbocycles. The minimum Gasteiger partial charge on any atom is -0.492 e. The summed E-state index contributed by atoms with van der Waals surface area (Å²) in [4.78, 5) is 23.5. The van der Waals surface area contributed by atoms with Crippen molar-refractivity contribution in [3.63, 3.8) is 0 Å². The van der Waals surface area contributed by atoms with Gasteiger partial charge in [-0.25, -0.2) is 4.79 Å². The number of aliphatic hydroxyl groups is 1. The lowest BCUT2D eigenvalue weighted by molar-refractivity contribution is -0.155. The number of hydrogen-bond donors (Lipinski definition) is 1. The van der Waals surface area contributed by atoms with E-state index in [4.69, 9.17) is 9.47 Å². The SMILES string of the molecule is CCOC(=O)C(O)C1COc2ccccc2C1=O. The van der Waals surface area contributed by atoms with Gasteiger partial charge in [0.15, 0.2) is 11.9 Å². The number of benzene rings is 1. The molecule has 1 aromatic rings. The van der Waals surface area contributed by atoms with Crippen LogP contribution in [0.5, 0.6) is 5.75 Å². The first-order chi connectivity index (χ1) is 8.65. The molecule has 5 heteroatoms. The summed E-state index contributed by atoms with van der Waals surface area (Å²) in [6, 6.07) is 6.76. The second-order valence-electron chi connectivity index (χ2n) is 3.97. The molecule has 18 heavy (non-hydrogen) atoms. The Morgan fingerprint density at radius 3 is 3.00 bits per heavy atom. The van der Waals surface area contributed by atoms with Crippen LogP contribution in [0.15, 0.2) is 24.3 Å². The molecule has 1 aliphatic rings. The van der Waals surface area contributed by atoms with Crippen LogP contribution in [-0.4, -0.2) is 36.2 Å². The molecule has 1 heterocycles. The number of Topliss-reactive ketones (excluding diaryl/α,β-unsaturated/α-hetero) is 1. The third-order valence-electron chi connectivity index (χ3n) is 2.82. The second-order valence-corrected chi connectivity index (χ2v) is 3.97. The maximum absolute atomic E-state index is 12.1. The predicted molar refractivity (Wildman–Crippen MR) is 62.4 cm³/mol. The van der Waals surface area contributed by atoms with Crippen molar-refractivity contribution in [2.24, 2.45) is 5.92 Å². The van der Waals surface area contributed by atoms with Gasteiger partial charge in [-0.2, -0.15) is 0 Å². The van der Waals surface area contributed by atoms with Gasteiger partial charge < -0.3 is 14.6 Å². The van der Waals surface area contributed by atoms with Crippen molar-refractivity contribution in [3.05, 3.63) is 29.8 Å². The number of rotatable bonds is 3. The Morgan fingerprint density at radius 1 is 1.56 bits per heavy atom. The van der Waals surface area contributed by atoms with Crippen molar-refractivity contribution in [1.82, 2.24) is 0 Å². The first-order valence-corrected chi connectivity index (χ1v) is 5.76. The minimum atomic E-state index is -1.48. The summed E-state index contributed by atoms with van der Waals surface area (Å²) >= 11 is 0. The van der Waals surface area contributed by atoms with E-state index in [2.05, 4.69) is 0 Å². The lowest BCUT2D eigenvalue weighted by Gasteiger charge is -2.26. The fraction of sp³-hybridized carbons (Fsp3) is 0.385. The minimum absolute atomic E-state index is 0.0180. The summed E-state index contributed by atoms with van der Waals surface area (Å²) in [6.07, 6.45) is -1.48. The van der Waals surface area contributed by atoms with Crippen molar-refractivity contribution in [1.29, 1.82) is 0 Å². The Balaban J connectivity index is 2.19. The van der Waals surface area contributed by atoms with Crippen LogP contribution in [0, 0.1) is 5.92 Å². The van der Waals surface area contributed by atoms with Gasteiger partial charge >= 0.3 is 5.97 Å². The van der Waals surface area contributed by atoms with E-state index >= 15 is 0 Å². The number of esters is 1. The highest BCUT2D eigenvalue weighted by Crippen LogP contribution is 2.28. The molecule has 2 unspecified atom stereocenters. The van der Waals surface area contributed by atoms with E-state index in [0.29, 0.717) is 11.3 Å². The highest BCUT2D eigenvalue weighted by molar-refractivity contribution is 6.03. The number of ether oxygens (including phenoxy) is 2. The fourth-order valence-corrected chi connectivity index (χ4v) is 1.88. The van der Waals surface area contributed by atoms with Crippen LogP contribution in [0.3, 0.4) is 0 Å². The van der Waals surface area contributed by atoms with Crippen molar-refractivity contribution < 1.29 is 24.2 Å². The highest BCUT2D eigenvalue weighted by atomic mass is 16.5. The van der Waals surface area contributed by atoms with Crippen LogP contribution in [0.4, 0.5) is 0 Å². The first-order valence-electron chi connectivity index (χ1n) is 5.76. The van der Waals surface area contributed by atoms with Crippen molar-refractivity contribution in [2.75, 3.05) is 13.2 Å². The number of para-hydroxylation sites is 1. The normalized spacial score (nSPS) is 19.7. The molecule has 0 amide bonds. The van der Waals surface area contributed by atoms with Gasteiger partial charge in [0.2, 0.25) is 0 Å². The number of carbonyl (C=O) groups is 2. The monoisotopic (exact) mass is 250 g/mol. The molecule has 0 aromatic heterocycles. The summed E-state index contributed by atoms with van der Waals surface area (Å²) in [5.41, 5.74) is 0.386. The summed E-state index contributed by atoms with van der Waals surface area (Å²) in [7, 11) is 0. The first kappa shape index (κ1) is 12.6. The molecule has 2 atom stereocenters. The lowest BCUT2D eigenvalue weighted by Crippen LogP contribution is -2.42. The van der Waals surface area contributed by atoms with Gasteiger partial charge in [0.25, 0.3) is 0 Å². The Bertz CT molecular complexity index is 468. The molecule has 0 radical (unpaired) electrons. The van der Waals surface area contributed by atoms with E-state index in [0.717, 1.165) is 0 Å². The second kappa shape index (κ2) is 5.18. The molecule has 1 aromatic carbocycles. The number of carbonyl (C=O) groups excluding carboxylic acids is 2. The Morgan fingerprint density at radius 2 is 2.28 bits per heavy atom.